The summed E-state index contributed by atoms with van der Waals surface area (Å²) in [6, 6.07) is 14.2. The van der Waals surface area contributed by atoms with Crippen LogP contribution in [0.15, 0.2) is 42.5 Å². The minimum absolute atomic E-state index is 0.148. The number of hydrogen-bond donors (Lipinski definition) is 0. The smallest absolute Gasteiger partial charge is 0.236 e. The van der Waals surface area contributed by atoms with Crippen LogP contribution in [-0.2, 0) is 11.3 Å². The molecule has 1 heterocycles. The predicted octanol–water partition coefficient (Wildman–Crippen LogP) is 3.74. The predicted molar refractivity (Wildman–Crippen MR) is 112 cm³/mol. The Bertz CT molecular complexity index is 800. The summed E-state index contributed by atoms with van der Waals surface area (Å²) in [5.74, 6) is 0.148. The third-order valence-corrected chi connectivity index (χ3v) is 5.62. The second kappa shape index (κ2) is 8.77. The summed E-state index contributed by atoms with van der Waals surface area (Å²) in [6.07, 6.45) is 0. The Labute approximate surface area is 167 Å². The first-order valence-corrected chi connectivity index (χ1v) is 9.84. The molecule has 0 unspecified atom stereocenters. The lowest BCUT2D eigenvalue weighted by Gasteiger charge is -2.37. The number of amides is 1. The second-order valence-electron chi connectivity index (χ2n) is 7.36. The molecule has 1 aliphatic rings. The van der Waals surface area contributed by atoms with E-state index >= 15 is 0 Å². The van der Waals surface area contributed by atoms with Crippen molar-refractivity contribution < 1.29 is 4.79 Å². The average Bonchev–Trinajstić information content (AvgIpc) is 2.65. The molecule has 1 aliphatic heterocycles. The molecule has 3 rings (SSSR count). The number of anilines is 1. The zero-order chi connectivity index (χ0) is 19.4. The van der Waals surface area contributed by atoms with E-state index in [1.54, 1.807) is 4.90 Å². The summed E-state index contributed by atoms with van der Waals surface area (Å²) in [5.41, 5.74) is 5.05. The summed E-state index contributed by atoms with van der Waals surface area (Å²) in [6.45, 7) is 9.12. The van der Waals surface area contributed by atoms with Gasteiger partial charge in [-0.1, -0.05) is 35.9 Å². The van der Waals surface area contributed by atoms with Gasteiger partial charge in [0, 0.05) is 50.5 Å². The summed E-state index contributed by atoms with van der Waals surface area (Å²) in [7, 11) is 1.86. The van der Waals surface area contributed by atoms with E-state index in [2.05, 4.69) is 41.8 Å². The van der Waals surface area contributed by atoms with Crippen molar-refractivity contribution in [3.63, 3.8) is 0 Å². The number of hydrogen-bond acceptors (Lipinski definition) is 3. The van der Waals surface area contributed by atoms with Gasteiger partial charge in [-0.2, -0.15) is 0 Å². The SMILES string of the molecule is Cc1cccc(N2CCN(CC(=O)N(C)Cc3cccc(Cl)c3)CC2)c1C. The number of aryl methyl sites for hydroxylation is 1. The molecule has 2 aromatic rings. The maximum Gasteiger partial charge on any atom is 0.236 e. The summed E-state index contributed by atoms with van der Waals surface area (Å²) in [5, 5.41) is 0.705. The first kappa shape index (κ1) is 19.7. The number of halogens is 1. The Morgan fingerprint density at radius 3 is 2.48 bits per heavy atom. The number of likely N-dealkylation sites (N-methyl/N-ethyl adjacent to an activating group) is 1. The molecule has 1 amide bonds. The van der Waals surface area contributed by atoms with Crippen molar-refractivity contribution in [2.45, 2.75) is 20.4 Å². The fraction of sp³-hybridized carbons (Fsp3) is 0.409. The molecule has 0 N–H and O–H groups in total. The first-order valence-electron chi connectivity index (χ1n) is 9.46. The van der Waals surface area contributed by atoms with Gasteiger partial charge >= 0.3 is 0 Å². The lowest BCUT2D eigenvalue weighted by molar-refractivity contribution is -0.131. The third kappa shape index (κ3) is 5.02. The highest BCUT2D eigenvalue weighted by molar-refractivity contribution is 6.30. The highest BCUT2D eigenvalue weighted by Crippen LogP contribution is 2.23. The Morgan fingerprint density at radius 1 is 1.07 bits per heavy atom. The van der Waals surface area contributed by atoms with Gasteiger partial charge in [0.15, 0.2) is 0 Å². The number of carbonyl (C=O) groups is 1. The number of rotatable bonds is 5. The second-order valence-corrected chi connectivity index (χ2v) is 7.80. The van der Waals surface area contributed by atoms with E-state index in [-0.39, 0.29) is 5.91 Å². The molecule has 0 aromatic heterocycles. The summed E-state index contributed by atoms with van der Waals surface area (Å²) >= 11 is 6.03. The molecule has 0 atom stereocenters. The Hall–Kier alpha value is -2.04. The molecule has 0 bridgehead atoms. The highest BCUT2D eigenvalue weighted by atomic mass is 35.5. The van der Waals surface area contributed by atoms with E-state index in [0.717, 1.165) is 31.7 Å². The average molecular weight is 386 g/mol. The van der Waals surface area contributed by atoms with E-state index in [9.17, 15) is 4.79 Å². The molecule has 27 heavy (non-hydrogen) atoms. The van der Waals surface area contributed by atoms with Gasteiger partial charge in [0.1, 0.15) is 0 Å². The van der Waals surface area contributed by atoms with Gasteiger partial charge in [0.25, 0.3) is 0 Å². The molecule has 0 aliphatic carbocycles. The van der Waals surface area contributed by atoms with Gasteiger partial charge in [0.05, 0.1) is 6.54 Å². The molecule has 0 saturated carbocycles. The molecular formula is C22H28ClN3O. The van der Waals surface area contributed by atoms with Crippen LogP contribution in [0, 0.1) is 13.8 Å². The number of nitrogens with zero attached hydrogens (tertiary/aromatic N) is 3. The van der Waals surface area contributed by atoms with Crippen LogP contribution >= 0.6 is 11.6 Å². The molecule has 1 fully saturated rings. The largest absolute Gasteiger partial charge is 0.369 e. The molecule has 0 radical (unpaired) electrons. The molecule has 1 saturated heterocycles. The summed E-state index contributed by atoms with van der Waals surface area (Å²) in [4.78, 5) is 19.0. The van der Waals surface area contributed by atoms with Gasteiger partial charge in [0.2, 0.25) is 5.91 Å². The van der Waals surface area contributed by atoms with Crippen molar-refractivity contribution in [2.75, 3.05) is 44.7 Å². The molecule has 0 spiro atoms. The normalized spacial score (nSPS) is 15.0. The van der Waals surface area contributed by atoms with Gasteiger partial charge in [-0.15, -0.1) is 0 Å². The minimum Gasteiger partial charge on any atom is -0.369 e. The lowest BCUT2D eigenvalue weighted by Crippen LogP contribution is -2.49. The van der Waals surface area contributed by atoms with Crippen LogP contribution in [0.2, 0.25) is 5.02 Å². The summed E-state index contributed by atoms with van der Waals surface area (Å²) < 4.78 is 0. The van der Waals surface area contributed by atoms with E-state index in [4.69, 9.17) is 11.6 Å². The number of carbonyl (C=O) groups excluding carboxylic acids is 1. The first-order chi connectivity index (χ1) is 12.9. The van der Waals surface area contributed by atoms with Crippen molar-refractivity contribution >= 4 is 23.2 Å². The zero-order valence-corrected chi connectivity index (χ0v) is 17.2. The van der Waals surface area contributed by atoms with E-state index in [1.807, 2.05) is 31.3 Å². The molecule has 2 aromatic carbocycles. The quantitative estimate of drug-likeness (QED) is 0.784. The van der Waals surface area contributed by atoms with Crippen LogP contribution in [0.4, 0.5) is 5.69 Å². The van der Waals surface area contributed by atoms with Gasteiger partial charge in [-0.25, -0.2) is 0 Å². The molecule has 5 heteroatoms. The minimum atomic E-state index is 0.148. The maximum absolute atomic E-state index is 12.6. The van der Waals surface area contributed by atoms with E-state index in [1.165, 1.54) is 16.8 Å². The van der Waals surface area contributed by atoms with Crippen LogP contribution in [0.1, 0.15) is 16.7 Å². The molecule has 144 valence electrons. The Balaban J connectivity index is 1.51. The number of piperazine rings is 1. The highest BCUT2D eigenvalue weighted by Gasteiger charge is 2.21. The molecule has 4 nitrogen and oxygen atoms in total. The van der Waals surface area contributed by atoms with Crippen molar-refractivity contribution in [2.24, 2.45) is 0 Å². The standard InChI is InChI=1S/C22H28ClN3O/c1-17-6-4-9-21(18(17)2)26-12-10-25(11-13-26)16-22(27)24(3)15-19-7-5-8-20(23)14-19/h4-9,14H,10-13,15-16H2,1-3H3. The topological polar surface area (TPSA) is 26.8 Å². The van der Waals surface area contributed by atoms with Crippen molar-refractivity contribution in [1.29, 1.82) is 0 Å². The number of benzene rings is 2. The van der Waals surface area contributed by atoms with Crippen LogP contribution < -0.4 is 4.90 Å². The van der Waals surface area contributed by atoms with Crippen LogP contribution in [-0.4, -0.2) is 55.5 Å². The van der Waals surface area contributed by atoms with E-state index < -0.39 is 0 Å². The Kier molecular flexibility index (Phi) is 6.40. The third-order valence-electron chi connectivity index (χ3n) is 5.38. The molecular weight excluding hydrogens is 358 g/mol. The van der Waals surface area contributed by atoms with Crippen molar-refractivity contribution in [1.82, 2.24) is 9.80 Å². The lowest BCUT2D eigenvalue weighted by atomic mass is 10.1. The van der Waals surface area contributed by atoms with Gasteiger partial charge in [-0.3, -0.25) is 9.69 Å². The fourth-order valence-electron chi connectivity index (χ4n) is 3.53. The van der Waals surface area contributed by atoms with Crippen molar-refractivity contribution in [3.05, 3.63) is 64.2 Å². The fourth-order valence-corrected chi connectivity index (χ4v) is 3.75. The zero-order valence-electron chi connectivity index (χ0n) is 16.4. The van der Waals surface area contributed by atoms with Gasteiger partial charge in [-0.05, 0) is 48.7 Å². The monoisotopic (exact) mass is 385 g/mol. The van der Waals surface area contributed by atoms with E-state index in [0.29, 0.717) is 18.1 Å². The Morgan fingerprint density at radius 2 is 1.78 bits per heavy atom. The van der Waals surface area contributed by atoms with Crippen LogP contribution in [0.3, 0.4) is 0 Å². The van der Waals surface area contributed by atoms with Gasteiger partial charge < -0.3 is 9.80 Å². The van der Waals surface area contributed by atoms with Crippen molar-refractivity contribution in [3.8, 4) is 0 Å². The van der Waals surface area contributed by atoms with Crippen LogP contribution in [0.5, 0.6) is 0 Å². The van der Waals surface area contributed by atoms with Crippen LogP contribution in [0.25, 0.3) is 0 Å². The maximum atomic E-state index is 12.6.